The van der Waals surface area contributed by atoms with Crippen LogP contribution in [0.4, 0.5) is 0 Å². The van der Waals surface area contributed by atoms with Crippen molar-refractivity contribution >= 4 is 5.97 Å². The second-order valence-corrected chi connectivity index (χ2v) is 4.18. The van der Waals surface area contributed by atoms with E-state index < -0.39 is 5.97 Å². The lowest BCUT2D eigenvalue weighted by atomic mass is 10.2. The molecule has 100 valence electrons. The number of imidazole rings is 1. The number of benzene rings is 1. The van der Waals surface area contributed by atoms with E-state index in [4.69, 9.17) is 5.11 Å². The van der Waals surface area contributed by atoms with Crippen LogP contribution in [0.5, 0.6) is 0 Å². The molecule has 2 aromatic heterocycles. The normalized spacial score (nSPS) is 10.7. The van der Waals surface area contributed by atoms with E-state index in [-0.39, 0.29) is 11.4 Å². The van der Waals surface area contributed by atoms with Gasteiger partial charge in [-0.2, -0.15) is 5.10 Å². The number of rotatable bonds is 3. The van der Waals surface area contributed by atoms with Crippen molar-refractivity contribution < 1.29 is 9.90 Å². The van der Waals surface area contributed by atoms with Crippen LogP contribution in [0, 0.1) is 0 Å². The largest absolute Gasteiger partial charge is 0.477 e. The van der Waals surface area contributed by atoms with Crippen LogP contribution in [0.15, 0.2) is 36.7 Å². The Balaban J connectivity index is 2.10. The van der Waals surface area contributed by atoms with Crippen LogP contribution in [-0.2, 0) is 7.05 Å². The zero-order chi connectivity index (χ0) is 14.1. The molecule has 0 saturated carbocycles. The molecule has 2 N–H and O–H groups in total. The minimum Gasteiger partial charge on any atom is -0.477 e. The van der Waals surface area contributed by atoms with Crippen LogP contribution >= 0.6 is 0 Å². The van der Waals surface area contributed by atoms with Crippen molar-refractivity contribution in [3.05, 3.63) is 42.4 Å². The number of aromatic amines is 1. The fourth-order valence-electron chi connectivity index (χ4n) is 1.93. The van der Waals surface area contributed by atoms with Gasteiger partial charge in [0.25, 0.3) is 0 Å². The quantitative estimate of drug-likeness (QED) is 0.752. The van der Waals surface area contributed by atoms with Gasteiger partial charge in [0.15, 0.2) is 17.3 Å². The Bertz CT molecular complexity index is 760. The van der Waals surface area contributed by atoms with Crippen molar-refractivity contribution in [1.82, 2.24) is 24.7 Å². The third kappa shape index (κ3) is 1.95. The molecule has 0 spiro atoms. The number of nitrogens with one attached hydrogen (secondary N) is 1. The second-order valence-electron chi connectivity index (χ2n) is 4.18. The smallest absolute Gasteiger partial charge is 0.354 e. The van der Waals surface area contributed by atoms with Crippen LogP contribution in [0.1, 0.15) is 10.5 Å². The molecule has 3 aromatic rings. The van der Waals surface area contributed by atoms with Gasteiger partial charge in [-0.3, -0.25) is 0 Å². The van der Waals surface area contributed by atoms with E-state index in [0.717, 1.165) is 5.56 Å². The monoisotopic (exact) mass is 269 g/mol. The van der Waals surface area contributed by atoms with E-state index in [9.17, 15) is 4.79 Å². The summed E-state index contributed by atoms with van der Waals surface area (Å²) in [5.74, 6) is -0.147. The average Bonchev–Trinajstić information content (AvgIpc) is 3.05. The van der Waals surface area contributed by atoms with Crippen molar-refractivity contribution in [2.45, 2.75) is 0 Å². The fraction of sp³-hybridized carbons (Fsp3) is 0.0769. The van der Waals surface area contributed by atoms with Crippen LogP contribution in [-0.4, -0.2) is 35.8 Å². The Labute approximate surface area is 113 Å². The van der Waals surface area contributed by atoms with Gasteiger partial charge in [-0.05, 0) is 0 Å². The minimum atomic E-state index is -1.08. The van der Waals surface area contributed by atoms with Gasteiger partial charge < -0.3 is 10.1 Å². The number of carbonyl (C=O) groups is 1. The van der Waals surface area contributed by atoms with Crippen molar-refractivity contribution in [2.75, 3.05) is 0 Å². The molecule has 1 aromatic carbocycles. The highest BCUT2D eigenvalue weighted by Crippen LogP contribution is 2.22. The standard InChI is InChI=1S/C13H11N5O2/c1-18-12(9-10(13(19)20)15-7-14-9)16-11(17-18)8-5-3-2-4-6-8/h2-7H,1H3,(H,14,15)(H,19,20). The van der Waals surface area contributed by atoms with Gasteiger partial charge >= 0.3 is 5.97 Å². The molecule has 0 radical (unpaired) electrons. The summed E-state index contributed by atoms with van der Waals surface area (Å²) in [7, 11) is 1.70. The number of H-pyrrole nitrogens is 1. The zero-order valence-electron chi connectivity index (χ0n) is 10.6. The van der Waals surface area contributed by atoms with Crippen molar-refractivity contribution in [2.24, 2.45) is 7.05 Å². The highest BCUT2D eigenvalue weighted by molar-refractivity contribution is 5.91. The molecule has 3 rings (SSSR count). The van der Waals surface area contributed by atoms with Gasteiger partial charge in [0.05, 0.1) is 6.33 Å². The Morgan fingerprint density at radius 1 is 1.30 bits per heavy atom. The van der Waals surface area contributed by atoms with Gasteiger partial charge in [0.1, 0.15) is 5.69 Å². The summed E-state index contributed by atoms with van der Waals surface area (Å²) in [5, 5.41) is 13.4. The van der Waals surface area contributed by atoms with E-state index >= 15 is 0 Å². The van der Waals surface area contributed by atoms with Gasteiger partial charge in [-0.15, -0.1) is 0 Å². The van der Waals surface area contributed by atoms with Crippen LogP contribution in [0.2, 0.25) is 0 Å². The van der Waals surface area contributed by atoms with E-state index in [1.807, 2.05) is 30.3 Å². The summed E-state index contributed by atoms with van der Waals surface area (Å²) in [6.07, 6.45) is 1.33. The summed E-state index contributed by atoms with van der Waals surface area (Å²) in [6.45, 7) is 0. The minimum absolute atomic E-state index is 0.000103. The van der Waals surface area contributed by atoms with E-state index in [0.29, 0.717) is 11.6 Å². The number of nitrogens with zero attached hydrogens (tertiary/aromatic N) is 4. The number of aromatic nitrogens is 5. The highest BCUT2D eigenvalue weighted by Gasteiger charge is 2.20. The lowest BCUT2D eigenvalue weighted by Crippen LogP contribution is -2.02. The Morgan fingerprint density at radius 3 is 2.75 bits per heavy atom. The lowest BCUT2D eigenvalue weighted by molar-refractivity contribution is 0.0692. The van der Waals surface area contributed by atoms with E-state index in [1.54, 1.807) is 7.05 Å². The predicted octanol–water partition coefficient (Wildman–Crippen LogP) is 1.57. The van der Waals surface area contributed by atoms with Gasteiger partial charge in [0, 0.05) is 12.6 Å². The first-order chi connectivity index (χ1) is 9.66. The molecule has 0 amide bonds. The molecule has 0 fully saturated rings. The molecule has 7 nitrogen and oxygen atoms in total. The summed E-state index contributed by atoms with van der Waals surface area (Å²) in [5.41, 5.74) is 1.14. The molecular formula is C13H11N5O2. The molecule has 20 heavy (non-hydrogen) atoms. The first kappa shape index (κ1) is 12.1. The van der Waals surface area contributed by atoms with Crippen LogP contribution in [0.3, 0.4) is 0 Å². The maximum Gasteiger partial charge on any atom is 0.354 e. The van der Waals surface area contributed by atoms with E-state index in [2.05, 4.69) is 20.1 Å². The van der Waals surface area contributed by atoms with Crippen LogP contribution in [0.25, 0.3) is 22.9 Å². The number of hydrogen-bond acceptors (Lipinski definition) is 4. The number of carboxylic acids is 1. The fourth-order valence-corrected chi connectivity index (χ4v) is 1.93. The number of aromatic carboxylic acids is 1. The van der Waals surface area contributed by atoms with E-state index in [1.165, 1.54) is 11.0 Å². The number of hydrogen-bond donors (Lipinski definition) is 2. The Kier molecular flexibility index (Phi) is 2.79. The molecular weight excluding hydrogens is 258 g/mol. The summed E-state index contributed by atoms with van der Waals surface area (Å²) in [4.78, 5) is 22.1. The summed E-state index contributed by atoms with van der Waals surface area (Å²) >= 11 is 0. The molecule has 0 saturated heterocycles. The third-order valence-electron chi connectivity index (χ3n) is 2.86. The molecule has 0 bridgehead atoms. The molecule has 2 heterocycles. The Hall–Kier alpha value is -2.96. The predicted molar refractivity (Wildman–Crippen MR) is 71.0 cm³/mol. The molecule has 0 aliphatic rings. The summed E-state index contributed by atoms with van der Waals surface area (Å²) in [6, 6.07) is 9.47. The lowest BCUT2D eigenvalue weighted by Gasteiger charge is -1.96. The van der Waals surface area contributed by atoms with Gasteiger partial charge in [-0.25, -0.2) is 19.4 Å². The number of aryl methyl sites for hydroxylation is 1. The zero-order valence-corrected chi connectivity index (χ0v) is 10.6. The third-order valence-corrected chi connectivity index (χ3v) is 2.86. The molecule has 0 unspecified atom stereocenters. The maximum absolute atomic E-state index is 11.1. The van der Waals surface area contributed by atoms with Crippen molar-refractivity contribution in [3.63, 3.8) is 0 Å². The first-order valence-electron chi connectivity index (χ1n) is 5.90. The van der Waals surface area contributed by atoms with Crippen molar-refractivity contribution in [1.29, 1.82) is 0 Å². The average molecular weight is 269 g/mol. The molecule has 0 aliphatic carbocycles. The SMILES string of the molecule is Cn1nc(-c2ccccc2)nc1-c1nc[nH]c1C(=O)O. The maximum atomic E-state index is 11.1. The van der Waals surface area contributed by atoms with Crippen molar-refractivity contribution in [3.8, 4) is 22.9 Å². The molecule has 0 aliphatic heterocycles. The summed E-state index contributed by atoms with van der Waals surface area (Å²) < 4.78 is 1.52. The topological polar surface area (TPSA) is 96.7 Å². The second kappa shape index (κ2) is 4.61. The number of carboxylic acid groups (broad SMARTS) is 1. The van der Waals surface area contributed by atoms with Crippen LogP contribution < -0.4 is 0 Å². The first-order valence-corrected chi connectivity index (χ1v) is 5.90. The van der Waals surface area contributed by atoms with Gasteiger partial charge in [0.2, 0.25) is 0 Å². The Morgan fingerprint density at radius 2 is 2.05 bits per heavy atom. The molecule has 7 heteroatoms. The van der Waals surface area contributed by atoms with Gasteiger partial charge in [-0.1, -0.05) is 30.3 Å². The molecule has 0 atom stereocenters. The highest BCUT2D eigenvalue weighted by atomic mass is 16.4.